The molecule has 0 saturated heterocycles. The zero-order chi connectivity index (χ0) is 7.78. The lowest BCUT2D eigenvalue weighted by atomic mass is 9.93. The zero-order valence-corrected chi connectivity index (χ0v) is 7.10. The summed E-state index contributed by atoms with van der Waals surface area (Å²) >= 11 is 0. The Balaban J connectivity index is 2.96. The van der Waals surface area contributed by atoms with Crippen LogP contribution in [0.15, 0.2) is 12.3 Å². The quantitative estimate of drug-likeness (QED) is 0.520. The van der Waals surface area contributed by atoms with Gasteiger partial charge in [0.1, 0.15) is 0 Å². The predicted molar refractivity (Wildman–Crippen MR) is 40.7 cm³/mol. The van der Waals surface area contributed by atoms with Crippen molar-refractivity contribution in [3.8, 4) is 0 Å². The fourth-order valence-corrected chi connectivity index (χ4v) is 0.869. The summed E-state index contributed by atoms with van der Waals surface area (Å²) in [7, 11) is 2.00. The molecule has 0 radical (unpaired) electrons. The molecule has 1 rings (SSSR count). The molecule has 1 aromatic heterocycles. The molecular formula is C8H15N2+. The van der Waals surface area contributed by atoms with E-state index in [1.807, 2.05) is 17.9 Å². The Kier molecular flexibility index (Phi) is 1.55. The van der Waals surface area contributed by atoms with E-state index in [4.69, 9.17) is 0 Å². The van der Waals surface area contributed by atoms with E-state index >= 15 is 0 Å². The van der Waals surface area contributed by atoms with Crippen molar-refractivity contribution in [2.75, 3.05) is 0 Å². The van der Waals surface area contributed by atoms with Gasteiger partial charge >= 0.3 is 0 Å². The van der Waals surface area contributed by atoms with Crippen molar-refractivity contribution in [3.63, 3.8) is 0 Å². The maximum atomic E-state index is 3.23. The topological polar surface area (TPSA) is 19.7 Å². The second kappa shape index (κ2) is 2.11. The summed E-state index contributed by atoms with van der Waals surface area (Å²) in [6, 6.07) is 2.11. The molecule has 10 heavy (non-hydrogen) atoms. The van der Waals surface area contributed by atoms with Crippen LogP contribution in [0, 0.1) is 0 Å². The largest absolute Gasteiger partial charge is 0.195 e. The van der Waals surface area contributed by atoms with Crippen LogP contribution in [-0.4, -0.2) is 5.10 Å². The number of aromatic amines is 1. The smallest absolute Gasteiger partial charge is 0.170 e. The predicted octanol–water partition coefficient (Wildman–Crippen LogP) is 1.14. The van der Waals surface area contributed by atoms with Gasteiger partial charge in [-0.3, -0.25) is 0 Å². The number of rotatable bonds is 0. The summed E-state index contributed by atoms with van der Waals surface area (Å²) in [5.74, 6) is 0. The first kappa shape index (κ1) is 7.32. The minimum absolute atomic E-state index is 0.237. The molecule has 0 aromatic carbocycles. The third kappa shape index (κ3) is 1.38. The number of nitrogens with one attached hydrogen (secondary N) is 1. The summed E-state index contributed by atoms with van der Waals surface area (Å²) < 4.78 is 1.96. The average Bonchev–Trinajstić information content (AvgIpc) is 2.11. The number of aromatic nitrogens is 2. The van der Waals surface area contributed by atoms with Crippen LogP contribution in [0.4, 0.5) is 0 Å². The summed E-state index contributed by atoms with van der Waals surface area (Å²) in [6.07, 6.45) is 2.03. The minimum atomic E-state index is 0.237. The Morgan fingerprint density at radius 3 is 2.20 bits per heavy atom. The Bertz CT molecular complexity index is 217. The molecule has 0 aliphatic rings. The molecule has 0 aliphatic heterocycles. The molecular weight excluding hydrogens is 124 g/mol. The van der Waals surface area contributed by atoms with Gasteiger partial charge in [-0.2, -0.15) is 5.10 Å². The van der Waals surface area contributed by atoms with Crippen molar-refractivity contribution in [1.82, 2.24) is 5.10 Å². The molecule has 0 amide bonds. The maximum absolute atomic E-state index is 3.23. The van der Waals surface area contributed by atoms with Crippen molar-refractivity contribution in [1.29, 1.82) is 0 Å². The minimum Gasteiger partial charge on any atom is -0.170 e. The maximum Gasteiger partial charge on any atom is 0.195 e. The van der Waals surface area contributed by atoms with Crippen LogP contribution < -0.4 is 4.68 Å². The third-order valence-electron chi connectivity index (χ3n) is 1.57. The normalized spacial score (nSPS) is 12.0. The lowest BCUT2D eigenvalue weighted by Crippen LogP contribution is -2.30. The van der Waals surface area contributed by atoms with E-state index in [2.05, 4.69) is 31.9 Å². The fourth-order valence-electron chi connectivity index (χ4n) is 0.869. The van der Waals surface area contributed by atoms with Crippen LogP contribution in [0.5, 0.6) is 0 Å². The van der Waals surface area contributed by atoms with Crippen molar-refractivity contribution in [2.45, 2.75) is 26.2 Å². The molecule has 0 aliphatic carbocycles. The van der Waals surface area contributed by atoms with Crippen LogP contribution in [0.2, 0.25) is 0 Å². The molecule has 0 atom stereocenters. The van der Waals surface area contributed by atoms with E-state index in [9.17, 15) is 0 Å². The monoisotopic (exact) mass is 139 g/mol. The van der Waals surface area contributed by atoms with Crippen LogP contribution >= 0.6 is 0 Å². The first-order valence-corrected chi connectivity index (χ1v) is 3.55. The molecule has 0 saturated carbocycles. The summed E-state index contributed by atoms with van der Waals surface area (Å²) in [5.41, 5.74) is 1.51. The van der Waals surface area contributed by atoms with Gasteiger partial charge in [0, 0.05) is 11.5 Å². The summed E-state index contributed by atoms with van der Waals surface area (Å²) in [5, 5.41) is 3.23. The highest BCUT2D eigenvalue weighted by Gasteiger charge is 2.17. The van der Waals surface area contributed by atoms with Gasteiger partial charge in [-0.25, -0.2) is 0 Å². The van der Waals surface area contributed by atoms with Gasteiger partial charge in [-0.05, 0) is 0 Å². The van der Waals surface area contributed by atoms with E-state index in [0.717, 1.165) is 0 Å². The second-order valence-electron chi connectivity index (χ2n) is 3.70. The Labute approximate surface area is 61.9 Å². The lowest BCUT2D eigenvalue weighted by molar-refractivity contribution is -0.727. The molecule has 0 spiro atoms. The van der Waals surface area contributed by atoms with Crippen molar-refractivity contribution < 1.29 is 4.68 Å². The number of H-pyrrole nitrogens is 1. The van der Waals surface area contributed by atoms with E-state index in [-0.39, 0.29) is 5.41 Å². The van der Waals surface area contributed by atoms with Crippen LogP contribution in [0.1, 0.15) is 26.5 Å². The molecule has 0 bridgehead atoms. The van der Waals surface area contributed by atoms with E-state index in [0.29, 0.717) is 0 Å². The Morgan fingerprint density at radius 1 is 1.40 bits per heavy atom. The molecule has 0 unspecified atom stereocenters. The number of nitrogens with zero attached hydrogens (tertiary/aromatic N) is 1. The fraction of sp³-hybridized carbons (Fsp3) is 0.625. The van der Waals surface area contributed by atoms with Gasteiger partial charge in [0.2, 0.25) is 0 Å². The highest BCUT2D eigenvalue weighted by molar-refractivity contribution is 5.07. The first-order chi connectivity index (χ1) is 4.50. The highest BCUT2D eigenvalue weighted by atomic mass is 15.2. The van der Waals surface area contributed by atoms with Crippen molar-refractivity contribution in [2.24, 2.45) is 7.05 Å². The Morgan fingerprint density at radius 2 is 2.00 bits per heavy atom. The second-order valence-corrected chi connectivity index (χ2v) is 3.70. The van der Waals surface area contributed by atoms with Crippen molar-refractivity contribution in [3.05, 3.63) is 18.0 Å². The lowest BCUT2D eigenvalue weighted by Gasteiger charge is -2.12. The van der Waals surface area contributed by atoms with Crippen LogP contribution in [-0.2, 0) is 12.5 Å². The van der Waals surface area contributed by atoms with Gasteiger partial charge < -0.3 is 0 Å². The van der Waals surface area contributed by atoms with Gasteiger partial charge in [-0.15, -0.1) is 4.68 Å². The average molecular weight is 139 g/mol. The molecule has 0 fully saturated rings. The molecule has 2 heteroatoms. The van der Waals surface area contributed by atoms with Gasteiger partial charge in [0.05, 0.1) is 5.69 Å². The number of hydrogen-bond acceptors (Lipinski definition) is 0. The van der Waals surface area contributed by atoms with Crippen LogP contribution in [0.25, 0.3) is 0 Å². The third-order valence-corrected chi connectivity index (χ3v) is 1.57. The van der Waals surface area contributed by atoms with Gasteiger partial charge in [0.15, 0.2) is 13.2 Å². The van der Waals surface area contributed by atoms with Crippen LogP contribution in [0.3, 0.4) is 0 Å². The zero-order valence-electron chi connectivity index (χ0n) is 7.10. The van der Waals surface area contributed by atoms with Gasteiger partial charge in [0.25, 0.3) is 0 Å². The van der Waals surface area contributed by atoms with Crippen molar-refractivity contribution >= 4 is 0 Å². The molecule has 2 nitrogen and oxygen atoms in total. The first-order valence-electron chi connectivity index (χ1n) is 3.55. The SMILES string of the molecule is C[n+]1ccc(C(C)(C)C)[nH]1. The summed E-state index contributed by atoms with van der Waals surface area (Å²) in [4.78, 5) is 0. The van der Waals surface area contributed by atoms with Gasteiger partial charge in [-0.1, -0.05) is 20.8 Å². The van der Waals surface area contributed by atoms with E-state index < -0.39 is 0 Å². The number of aryl methyl sites for hydroxylation is 1. The number of hydrogen-bond donors (Lipinski definition) is 1. The van der Waals surface area contributed by atoms with E-state index in [1.54, 1.807) is 0 Å². The molecule has 1 aromatic rings. The highest BCUT2D eigenvalue weighted by Crippen LogP contribution is 2.17. The molecule has 1 heterocycles. The standard InChI is InChI=1S/C8H14N2/c1-8(2,3)7-5-6-10(4)9-7/h5-6H,1-4H3/p+1. The molecule has 56 valence electrons. The van der Waals surface area contributed by atoms with E-state index in [1.165, 1.54) is 5.69 Å². The Hall–Kier alpha value is -0.790. The molecule has 1 N–H and O–H groups in total. The summed E-state index contributed by atoms with van der Waals surface area (Å²) in [6.45, 7) is 6.58.